The number of piperidine rings is 1. The van der Waals surface area contributed by atoms with Gasteiger partial charge in [0.2, 0.25) is 11.9 Å². The summed E-state index contributed by atoms with van der Waals surface area (Å²) >= 11 is 0. The number of fused-ring (bicyclic) bond motifs is 1. The second-order valence-electron chi connectivity index (χ2n) is 9.18. The molecule has 2 aliphatic rings. The Morgan fingerprint density at radius 1 is 1.17 bits per heavy atom. The first kappa shape index (κ1) is 25.6. The smallest absolute Gasteiger partial charge is 0.251 e. The lowest BCUT2D eigenvalue weighted by Gasteiger charge is -2.29. The molecule has 194 valence electrons. The first-order valence-electron chi connectivity index (χ1n) is 12.2. The molecule has 11 nitrogen and oxygen atoms in total. The van der Waals surface area contributed by atoms with Crippen LogP contribution in [-0.2, 0) is 9.53 Å². The van der Waals surface area contributed by atoms with Crippen LogP contribution in [0.15, 0.2) is 24.4 Å². The molecule has 1 saturated heterocycles. The van der Waals surface area contributed by atoms with Crippen molar-refractivity contribution >= 4 is 35.0 Å². The summed E-state index contributed by atoms with van der Waals surface area (Å²) in [5.74, 6) is 1.42. The Morgan fingerprint density at radius 3 is 2.67 bits per heavy atom. The minimum Gasteiger partial charge on any atom is -0.495 e. The van der Waals surface area contributed by atoms with Crippen molar-refractivity contribution in [1.29, 1.82) is 0 Å². The molecule has 2 aromatic rings. The summed E-state index contributed by atoms with van der Waals surface area (Å²) < 4.78 is 10.8. The number of benzene rings is 1. The van der Waals surface area contributed by atoms with Gasteiger partial charge in [0, 0.05) is 45.3 Å². The molecule has 2 amide bonds. The van der Waals surface area contributed by atoms with E-state index in [2.05, 4.69) is 27.6 Å². The summed E-state index contributed by atoms with van der Waals surface area (Å²) in [5.41, 5.74) is 1.81. The SMILES string of the molecule is COCCN1CCC(=O)N(C)c2cnc(Nc3ccc(C(=O)NC4CCN(C)CC4)cc3OC)nc21. The van der Waals surface area contributed by atoms with Gasteiger partial charge in [-0.15, -0.1) is 0 Å². The fourth-order valence-electron chi connectivity index (χ4n) is 4.43. The quantitative estimate of drug-likeness (QED) is 0.564. The summed E-state index contributed by atoms with van der Waals surface area (Å²) in [6.45, 7) is 3.61. The van der Waals surface area contributed by atoms with E-state index in [0.29, 0.717) is 60.6 Å². The van der Waals surface area contributed by atoms with Crippen molar-refractivity contribution in [2.75, 3.05) is 76.2 Å². The van der Waals surface area contributed by atoms with E-state index in [1.165, 1.54) is 0 Å². The molecule has 1 aromatic carbocycles. The zero-order valence-electron chi connectivity index (χ0n) is 21.4. The normalized spacial score (nSPS) is 16.9. The predicted octanol–water partition coefficient (Wildman–Crippen LogP) is 1.87. The summed E-state index contributed by atoms with van der Waals surface area (Å²) in [5, 5.41) is 6.33. The first-order chi connectivity index (χ1) is 17.4. The summed E-state index contributed by atoms with van der Waals surface area (Å²) in [4.78, 5) is 40.3. The molecule has 0 bridgehead atoms. The molecule has 0 atom stereocenters. The Morgan fingerprint density at radius 2 is 1.94 bits per heavy atom. The average molecular weight is 498 g/mol. The molecule has 2 aliphatic heterocycles. The third kappa shape index (κ3) is 5.85. The van der Waals surface area contributed by atoms with Crippen LogP contribution in [0.4, 0.5) is 23.1 Å². The van der Waals surface area contributed by atoms with Crippen molar-refractivity contribution in [2.45, 2.75) is 25.3 Å². The lowest BCUT2D eigenvalue weighted by molar-refractivity contribution is -0.118. The van der Waals surface area contributed by atoms with Crippen molar-refractivity contribution < 1.29 is 19.1 Å². The van der Waals surface area contributed by atoms with Crippen LogP contribution < -0.4 is 25.2 Å². The van der Waals surface area contributed by atoms with Crippen molar-refractivity contribution in [2.24, 2.45) is 0 Å². The number of hydrogen-bond donors (Lipinski definition) is 2. The number of rotatable bonds is 8. The third-order valence-electron chi connectivity index (χ3n) is 6.71. The number of aromatic nitrogens is 2. The molecule has 3 heterocycles. The Kier molecular flexibility index (Phi) is 8.21. The Balaban J connectivity index is 1.53. The number of likely N-dealkylation sites (tertiary alicyclic amines) is 1. The monoisotopic (exact) mass is 497 g/mol. The van der Waals surface area contributed by atoms with Gasteiger partial charge < -0.3 is 34.8 Å². The van der Waals surface area contributed by atoms with Gasteiger partial charge in [-0.2, -0.15) is 4.98 Å². The van der Waals surface area contributed by atoms with Gasteiger partial charge >= 0.3 is 0 Å². The maximum absolute atomic E-state index is 12.8. The minimum absolute atomic E-state index is 0.0104. The second kappa shape index (κ2) is 11.5. The molecular weight excluding hydrogens is 462 g/mol. The second-order valence-corrected chi connectivity index (χ2v) is 9.18. The van der Waals surface area contributed by atoms with Crippen molar-refractivity contribution in [3.8, 4) is 5.75 Å². The van der Waals surface area contributed by atoms with Crippen molar-refractivity contribution in [3.63, 3.8) is 0 Å². The number of methoxy groups -OCH3 is 2. The summed E-state index contributed by atoms with van der Waals surface area (Å²) in [7, 11) is 7.03. The van der Waals surface area contributed by atoms with E-state index in [4.69, 9.17) is 14.5 Å². The number of ether oxygens (including phenoxy) is 2. The van der Waals surface area contributed by atoms with E-state index in [-0.39, 0.29) is 17.9 Å². The van der Waals surface area contributed by atoms with Gasteiger partial charge in [-0.05, 0) is 51.2 Å². The third-order valence-corrected chi connectivity index (χ3v) is 6.71. The van der Waals surface area contributed by atoms with Crippen LogP contribution in [0.1, 0.15) is 29.6 Å². The first-order valence-corrected chi connectivity index (χ1v) is 12.2. The van der Waals surface area contributed by atoms with Gasteiger partial charge in [-0.25, -0.2) is 4.98 Å². The lowest BCUT2D eigenvalue weighted by atomic mass is 10.0. The fourth-order valence-corrected chi connectivity index (χ4v) is 4.43. The van der Waals surface area contributed by atoms with E-state index >= 15 is 0 Å². The highest BCUT2D eigenvalue weighted by atomic mass is 16.5. The molecule has 0 unspecified atom stereocenters. The number of anilines is 4. The molecule has 36 heavy (non-hydrogen) atoms. The largest absolute Gasteiger partial charge is 0.495 e. The highest BCUT2D eigenvalue weighted by molar-refractivity contribution is 5.97. The van der Waals surface area contributed by atoms with Gasteiger partial charge in [0.1, 0.15) is 11.4 Å². The average Bonchev–Trinajstić information content (AvgIpc) is 3.00. The molecule has 2 N–H and O–H groups in total. The predicted molar refractivity (Wildman–Crippen MR) is 138 cm³/mol. The highest BCUT2D eigenvalue weighted by Gasteiger charge is 2.26. The Labute approximate surface area is 211 Å². The molecule has 0 saturated carbocycles. The number of carbonyl (C=O) groups is 2. The van der Waals surface area contributed by atoms with E-state index in [9.17, 15) is 9.59 Å². The molecule has 0 radical (unpaired) electrons. The Bertz CT molecular complexity index is 1090. The molecule has 1 fully saturated rings. The van der Waals surface area contributed by atoms with E-state index in [1.807, 2.05) is 4.90 Å². The number of carbonyl (C=O) groups excluding carboxylic acids is 2. The molecule has 1 aromatic heterocycles. The fraction of sp³-hybridized carbons (Fsp3) is 0.520. The van der Waals surface area contributed by atoms with Crippen LogP contribution in [0.2, 0.25) is 0 Å². The van der Waals surface area contributed by atoms with Crippen LogP contribution in [0.3, 0.4) is 0 Å². The van der Waals surface area contributed by atoms with Crippen LogP contribution in [0.25, 0.3) is 0 Å². The minimum atomic E-state index is -0.114. The zero-order chi connectivity index (χ0) is 25.7. The molecule has 4 rings (SSSR count). The van der Waals surface area contributed by atoms with Crippen LogP contribution in [-0.4, -0.2) is 93.8 Å². The van der Waals surface area contributed by atoms with Gasteiger partial charge in [-0.3, -0.25) is 9.59 Å². The van der Waals surface area contributed by atoms with Gasteiger partial charge in [-0.1, -0.05) is 0 Å². The number of nitrogens with zero attached hydrogens (tertiary/aromatic N) is 5. The van der Waals surface area contributed by atoms with Gasteiger partial charge in [0.25, 0.3) is 5.91 Å². The van der Waals surface area contributed by atoms with Gasteiger partial charge in [0.05, 0.1) is 25.6 Å². The number of hydrogen-bond acceptors (Lipinski definition) is 9. The molecule has 0 spiro atoms. The summed E-state index contributed by atoms with van der Waals surface area (Å²) in [6, 6.07) is 5.44. The van der Waals surface area contributed by atoms with Crippen LogP contribution in [0.5, 0.6) is 5.75 Å². The topological polar surface area (TPSA) is 112 Å². The zero-order valence-corrected chi connectivity index (χ0v) is 21.4. The highest BCUT2D eigenvalue weighted by Crippen LogP contribution is 2.33. The maximum Gasteiger partial charge on any atom is 0.251 e. The van der Waals surface area contributed by atoms with Gasteiger partial charge in [0.15, 0.2) is 5.82 Å². The lowest BCUT2D eigenvalue weighted by Crippen LogP contribution is -2.43. The summed E-state index contributed by atoms with van der Waals surface area (Å²) in [6.07, 6.45) is 3.91. The van der Waals surface area contributed by atoms with Crippen LogP contribution >= 0.6 is 0 Å². The van der Waals surface area contributed by atoms with Crippen molar-refractivity contribution in [3.05, 3.63) is 30.0 Å². The number of amides is 2. The van der Waals surface area contributed by atoms with Crippen LogP contribution in [0, 0.1) is 0 Å². The standard InChI is InChI=1S/C25H35N7O4/c1-30-10-7-18(8-11-30)27-24(34)17-5-6-19(21(15-17)36-4)28-25-26-16-20-23(29-25)32(13-14-35-3)12-9-22(33)31(20)2/h5-6,15-16,18H,7-14H2,1-4H3,(H,27,34)(H,26,28,29). The van der Waals surface area contributed by atoms with Crippen molar-refractivity contribution in [1.82, 2.24) is 20.2 Å². The molecule has 0 aliphatic carbocycles. The molecular formula is C25H35N7O4. The molecule has 11 heteroatoms. The van der Waals surface area contributed by atoms with E-state index in [0.717, 1.165) is 25.9 Å². The Hall–Kier alpha value is -3.44. The van der Waals surface area contributed by atoms with E-state index in [1.54, 1.807) is 50.6 Å². The van der Waals surface area contributed by atoms with E-state index < -0.39 is 0 Å². The maximum atomic E-state index is 12.8. The number of nitrogens with one attached hydrogen (secondary N) is 2.